The molecule has 1 fully saturated rings. The Morgan fingerprint density at radius 3 is 2.64 bits per heavy atom. The molecule has 0 saturated carbocycles. The summed E-state index contributed by atoms with van der Waals surface area (Å²) >= 11 is 0. The van der Waals surface area contributed by atoms with Gasteiger partial charge in [0.25, 0.3) is 11.8 Å². The molecular formula is C30H38N6O3. The number of piperazine rings is 1. The molecule has 9 heteroatoms. The minimum Gasteiger partial charge on any atom is -0.478 e. The number of carbonyl (C=O) groups is 2. The zero-order chi connectivity index (χ0) is 27.9. The van der Waals surface area contributed by atoms with E-state index in [1.807, 2.05) is 62.1 Å². The van der Waals surface area contributed by atoms with Gasteiger partial charge < -0.3 is 25.6 Å². The number of hydrogen-bond acceptors (Lipinski definition) is 7. The molecule has 1 aliphatic heterocycles. The number of pyridine rings is 2. The minimum absolute atomic E-state index is 0.00519. The lowest BCUT2D eigenvalue weighted by Gasteiger charge is -2.43. The standard InChI is InChI=1S/C30H38N6O3/c1-5-23-19-35(30(38)26-18-34-21(4)16-20(26)3)14-15-36(23)27-10-9-22(17-25(27)28(37)32-13-11-31)24-8-7-12-33-29(24)39-6-2/h7-10,12,16-18,23H,5-6,11,13-15,19,31H2,1-4H3,(H,32,37)/t23-/m1/s1. The van der Waals surface area contributed by atoms with Crippen LogP contribution in [0.3, 0.4) is 0 Å². The number of amides is 2. The summed E-state index contributed by atoms with van der Waals surface area (Å²) in [6.07, 6.45) is 4.18. The van der Waals surface area contributed by atoms with E-state index in [-0.39, 0.29) is 17.9 Å². The second-order valence-electron chi connectivity index (χ2n) is 9.71. The summed E-state index contributed by atoms with van der Waals surface area (Å²) in [6, 6.07) is 11.7. The number of nitrogens with two attached hydrogens (primary N) is 1. The Balaban J connectivity index is 1.66. The molecule has 9 nitrogen and oxygen atoms in total. The lowest BCUT2D eigenvalue weighted by Crippen LogP contribution is -2.55. The van der Waals surface area contributed by atoms with Crippen LogP contribution in [0.5, 0.6) is 5.88 Å². The van der Waals surface area contributed by atoms with E-state index in [0.29, 0.717) is 56.3 Å². The van der Waals surface area contributed by atoms with Crippen LogP contribution in [0.15, 0.2) is 48.8 Å². The van der Waals surface area contributed by atoms with Crippen molar-refractivity contribution in [1.82, 2.24) is 20.2 Å². The number of aromatic nitrogens is 2. The predicted molar refractivity (Wildman–Crippen MR) is 153 cm³/mol. The van der Waals surface area contributed by atoms with Crippen molar-refractivity contribution in [3.8, 4) is 17.0 Å². The van der Waals surface area contributed by atoms with Gasteiger partial charge in [0.2, 0.25) is 5.88 Å². The van der Waals surface area contributed by atoms with Crippen molar-refractivity contribution in [2.45, 2.75) is 40.2 Å². The van der Waals surface area contributed by atoms with Crippen molar-refractivity contribution < 1.29 is 14.3 Å². The molecule has 1 saturated heterocycles. The first-order chi connectivity index (χ1) is 18.9. The van der Waals surface area contributed by atoms with E-state index in [2.05, 4.69) is 27.1 Å². The maximum Gasteiger partial charge on any atom is 0.255 e. The number of nitrogens with zero attached hydrogens (tertiary/aromatic N) is 4. The van der Waals surface area contributed by atoms with Crippen LogP contribution in [0.4, 0.5) is 5.69 Å². The van der Waals surface area contributed by atoms with Gasteiger partial charge >= 0.3 is 0 Å². The normalized spacial score (nSPS) is 15.3. The third-order valence-electron chi connectivity index (χ3n) is 7.06. The van der Waals surface area contributed by atoms with Crippen LogP contribution in [0.2, 0.25) is 0 Å². The van der Waals surface area contributed by atoms with Crippen molar-refractivity contribution in [2.75, 3.05) is 44.2 Å². The van der Waals surface area contributed by atoms with E-state index in [9.17, 15) is 9.59 Å². The number of nitrogens with one attached hydrogen (secondary N) is 1. The van der Waals surface area contributed by atoms with Crippen LogP contribution >= 0.6 is 0 Å². The van der Waals surface area contributed by atoms with Crippen LogP contribution in [-0.2, 0) is 0 Å². The third-order valence-corrected chi connectivity index (χ3v) is 7.06. The predicted octanol–water partition coefficient (Wildman–Crippen LogP) is 3.59. The lowest BCUT2D eigenvalue weighted by atomic mass is 9.99. The van der Waals surface area contributed by atoms with Crippen LogP contribution in [-0.4, -0.2) is 72.1 Å². The molecule has 1 aliphatic rings. The van der Waals surface area contributed by atoms with E-state index in [1.165, 1.54) is 0 Å². The molecule has 206 valence electrons. The Bertz CT molecular complexity index is 1330. The van der Waals surface area contributed by atoms with Gasteiger partial charge in [0, 0.05) is 68.1 Å². The first-order valence-corrected chi connectivity index (χ1v) is 13.6. The molecule has 0 bridgehead atoms. The van der Waals surface area contributed by atoms with E-state index >= 15 is 0 Å². The Labute approximate surface area is 230 Å². The summed E-state index contributed by atoms with van der Waals surface area (Å²) in [5.41, 5.74) is 11.2. The minimum atomic E-state index is -0.186. The second-order valence-corrected chi connectivity index (χ2v) is 9.71. The van der Waals surface area contributed by atoms with Crippen molar-refractivity contribution in [3.63, 3.8) is 0 Å². The summed E-state index contributed by atoms with van der Waals surface area (Å²) in [7, 11) is 0. The van der Waals surface area contributed by atoms with Gasteiger partial charge in [-0.3, -0.25) is 14.6 Å². The smallest absolute Gasteiger partial charge is 0.255 e. The zero-order valence-corrected chi connectivity index (χ0v) is 23.2. The maximum absolute atomic E-state index is 13.4. The highest BCUT2D eigenvalue weighted by molar-refractivity contribution is 6.01. The Kier molecular flexibility index (Phi) is 9.14. The van der Waals surface area contributed by atoms with Crippen LogP contribution < -0.4 is 20.7 Å². The summed E-state index contributed by atoms with van der Waals surface area (Å²) in [5, 5.41) is 2.93. The van der Waals surface area contributed by atoms with Crippen LogP contribution in [0.25, 0.3) is 11.1 Å². The van der Waals surface area contributed by atoms with Gasteiger partial charge in [-0.15, -0.1) is 0 Å². The first-order valence-electron chi connectivity index (χ1n) is 13.6. The molecule has 0 radical (unpaired) electrons. The molecule has 1 aromatic carbocycles. The number of rotatable bonds is 9. The monoisotopic (exact) mass is 530 g/mol. The average Bonchev–Trinajstić information content (AvgIpc) is 2.95. The van der Waals surface area contributed by atoms with Gasteiger partial charge in [-0.05, 0) is 68.7 Å². The maximum atomic E-state index is 13.4. The van der Waals surface area contributed by atoms with Crippen LogP contribution in [0.1, 0.15) is 52.2 Å². The molecule has 39 heavy (non-hydrogen) atoms. The fraction of sp³-hybridized carbons (Fsp3) is 0.400. The van der Waals surface area contributed by atoms with Gasteiger partial charge in [0.1, 0.15) is 0 Å². The quantitative estimate of drug-likeness (QED) is 0.435. The molecule has 0 spiro atoms. The SMILES string of the molecule is CCOc1ncccc1-c1ccc(N2CCN(C(=O)c3cnc(C)cc3C)C[C@H]2CC)c(C(=O)NCCN)c1. The van der Waals surface area contributed by atoms with Crippen molar-refractivity contribution in [2.24, 2.45) is 5.73 Å². The number of hydrogen-bond donors (Lipinski definition) is 2. The molecule has 0 unspecified atom stereocenters. The molecule has 3 aromatic rings. The van der Waals surface area contributed by atoms with Gasteiger partial charge in [0.15, 0.2) is 0 Å². The Hall–Kier alpha value is -3.98. The van der Waals surface area contributed by atoms with Crippen molar-refractivity contribution >= 4 is 17.5 Å². The van der Waals surface area contributed by atoms with Gasteiger partial charge in [-0.1, -0.05) is 13.0 Å². The first kappa shape index (κ1) is 28.0. The molecule has 3 heterocycles. The Morgan fingerprint density at radius 2 is 1.92 bits per heavy atom. The number of anilines is 1. The molecule has 2 amide bonds. The molecule has 4 rings (SSSR count). The number of benzene rings is 1. The topological polar surface area (TPSA) is 114 Å². The largest absolute Gasteiger partial charge is 0.478 e. The Morgan fingerprint density at radius 1 is 1.10 bits per heavy atom. The fourth-order valence-corrected chi connectivity index (χ4v) is 5.08. The van der Waals surface area contributed by atoms with E-state index < -0.39 is 0 Å². The van der Waals surface area contributed by atoms with Gasteiger partial charge in [-0.2, -0.15) is 0 Å². The molecule has 0 aliphatic carbocycles. The van der Waals surface area contributed by atoms with E-state index in [4.69, 9.17) is 10.5 Å². The van der Waals surface area contributed by atoms with Gasteiger partial charge in [-0.25, -0.2) is 4.98 Å². The number of carbonyl (C=O) groups excluding carboxylic acids is 2. The van der Waals surface area contributed by atoms with E-state index in [1.54, 1.807) is 12.4 Å². The zero-order valence-electron chi connectivity index (χ0n) is 23.2. The second kappa shape index (κ2) is 12.7. The summed E-state index contributed by atoms with van der Waals surface area (Å²) in [4.78, 5) is 39.6. The van der Waals surface area contributed by atoms with Crippen molar-refractivity contribution in [3.05, 3.63) is 71.2 Å². The number of ether oxygens (including phenoxy) is 1. The van der Waals surface area contributed by atoms with Gasteiger partial charge in [0.05, 0.1) is 17.7 Å². The van der Waals surface area contributed by atoms with Crippen molar-refractivity contribution in [1.29, 1.82) is 0 Å². The highest BCUT2D eigenvalue weighted by Crippen LogP contribution is 2.34. The lowest BCUT2D eigenvalue weighted by molar-refractivity contribution is 0.0718. The average molecular weight is 531 g/mol. The summed E-state index contributed by atoms with van der Waals surface area (Å²) < 4.78 is 5.74. The number of aryl methyl sites for hydroxylation is 2. The van der Waals surface area contributed by atoms with E-state index in [0.717, 1.165) is 34.5 Å². The molecular weight excluding hydrogens is 492 g/mol. The third kappa shape index (κ3) is 6.20. The highest BCUT2D eigenvalue weighted by atomic mass is 16.5. The molecule has 1 atom stereocenters. The summed E-state index contributed by atoms with van der Waals surface area (Å²) in [6.45, 7) is 10.8. The van der Waals surface area contributed by atoms with Crippen LogP contribution in [0, 0.1) is 13.8 Å². The molecule has 3 N–H and O–H groups in total. The fourth-order valence-electron chi connectivity index (χ4n) is 5.08. The highest BCUT2D eigenvalue weighted by Gasteiger charge is 2.32. The summed E-state index contributed by atoms with van der Waals surface area (Å²) in [5.74, 6) is 0.337. The molecule has 2 aromatic heterocycles.